The number of esters is 1. The molecule has 0 spiro atoms. The van der Waals surface area contributed by atoms with E-state index in [9.17, 15) is 9.59 Å². The molecule has 3 aromatic rings. The summed E-state index contributed by atoms with van der Waals surface area (Å²) in [6.45, 7) is 7.74. The highest BCUT2D eigenvalue weighted by Crippen LogP contribution is 2.22. The van der Waals surface area contributed by atoms with Gasteiger partial charge in [-0.05, 0) is 44.0 Å². The molecular weight excluding hydrogens is 356 g/mol. The lowest BCUT2D eigenvalue weighted by Gasteiger charge is -2.20. The first-order valence-corrected chi connectivity index (χ1v) is 9.31. The van der Waals surface area contributed by atoms with Gasteiger partial charge in [0.2, 0.25) is 0 Å². The van der Waals surface area contributed by atoms with Crippen LogP contribution in [0.25, 0.3) is 11.0 Å². The van der Waals surface area contributed by atoms with Gasteiger partial charge in [0.1, 0.15) is 11.5 Å². The number of carbonyl (C=O) groups is 2. The number of aromatic amines is 1. The summed E-state index contributed by atoms with van der Waals surface area (Å²) in [7, 11) is 0. The second kappa shape index (κ2) is 8.21. The monoisotopic (exact) mass is 380 g/mol. The van der Waals surface area contributed by atoms with Crippen molar-refractivity contribution in [2.45, 2.75) is 33.7 Å². The zero-order chi connectivity index (χ0) is 20.3. The number of para-hydroxylation sites is 2. The Bertz CT molecular complexity index is 977. The number of hydrogen-bond donors (Lipinski definition) is 2. The van der Waals surface area contributed by atoms with E-state index >= 15 is 0 Å². The van der Waals surface area contributed by atoms with Crippen LogP contribution in [0.15, 0.2) is 36.4 Å². The van der Waals surface area contributed by atoms with E-state index in [1.807, 2.05) is 38.1 Å². The van der Waals surface area contributed by atoms with Crippen LogP contribution in [-0.4, -0.2) is 33.4 Å². The molecule has 0 unspecified atom stereocenters. The Morgan fingerprint density at radius 1 is 1.14 bits per heavy atom. The zero-order valence-corrected chi connectivity index (χ0v) is 16.4. The number of benzene rings is 1. The molecule has 0 saturated carbocycles. The van der Waals surface area contributed by atoms with E-state index in [-0.39, 0.29) is 30.2 Å². The van der Waals surface area contributed by atoms with Crippen LogP contribution in [0.3, 0.4) is 0 Å². The average molecular weight is 380 g/mol. The van der Waals surface area contributed by atoms with Crippen LogP contribution in [0.1, 0.15) is 59.2 Å². The number of nitrogens with one attached hydrogen (secondary N) is 2. The quantitative estimate of drug-likeness (QED) is 0.637. The molecule has 1 aromatic carbocycles. The topological polar surface area (TPSA) is 97.0 Å². The molecule has 0 radical (unpaired) electrons. The largest absolute Gasteiger partial charge is 0.462 e. The van der Waals surface area contributed by atoms with Gasteiger partial charge in [-0.3, -0.25) is 4.79 Å². The van der Waals surface area contributed by atoms with Gasteiger partial charge in [0.05, 0.1) is 34.9 Å². The van der Waals surface area contributed by atoms with E-state index in [2.05, 4.69) is 20.3 Å². The number of aryl methyl sites for hydroxylation is 1. The van der Waals surface area contributed by atoms with Gasteiger partial charge in [0, 0.05) is 0 Å². The number of amides is 1. The molecule has 3 rings (SSSR count). The fourth-order valence-electron chi connectivity index (χ4n) is 3.00. The van der Waals surface area contributed by atoms with E-state index in [1.165, 1.54) is 6.07 Å². The van der Waals surface area contributed by atoms with Crippen molar-refractivity contribution < 1.29 is 14.3 Å². The van der Waals surface area contributed by atoms with Crippen molar-refractivity contribution in [3.8, 4) is 0 Å². The number of aromatic nitrogens is 3. The number of imidazole rings is 1. The molecule has 0 aliphatic heterocycles. The molecule has 0 bridgehead atoms. The van der Waals surface area contributed by atoms with Crippen molar-refractivity contribution >= 4 is 22.9 Å². The van der Waals surface area contributed by atoms with Crippen molar-refractivity contribution in [2.75, 3.05) is 6.61 Å². The van der Waals surface area contributed by atoms with Gasteiger partial charge >= 0.3 is 5.97 Å². The number of carbonyl (C=O) groups excluding carboxylic acids is 2. The Morgan fingerprint density at radius 2 is 1.89 bits per heavy atom. The third-order valence-corrected chi connectivity index (χ3v) is 4.47. The van der Waals surface area contributed by atoms with Gasteiger partial charge in [0.25, 0.3) is 5.91 Å². The highest BCUT2D eigenvalue weighted by molar-refractivity contribution is 5.95. The molecule has 1 atom stereocenters. The second-order valence-corrected chi connectivity index (χ2v) is 6.88. The molecule has 0 saturated heterocycles. The molecule has 2 aromatic heterocycles. The number of pyridine rings is 1. The standard InChI is InChI=1S/C21H24N4O3/c1-5-28-21(27)14-10-11-17(22-13(14)4)20(26)25-18(12(2)3)19-23-15-8-6-7-9-16(15)24-19/h6-12,18H,5H2,1-4H3,(H,23,24)(H,25,26)/t18-/m0/s1. The van der Waals surface area contributed by atoms with Crippen molar-refractivity contribution in [3.63, 3.8) is 0 Å². The molecule has 0 aliphatic rings. The van der Waals surface area contributed by atoms with E-state index in [0.29, 0.717) is 17.1 Å². The van der Waals surface area contributed by atoms with Crippen LogP contribution in [0.4, 0.5) is 0 Å². The fourth-order valence-corrected chi connectivity index (χ4v) is 3.00. The minimum Gasteiger partial charge on any atom is -0.462 e. The van der Waals surface area contributed by atoms with Gasteiger partial charge in [-0.2, -0.15) is 0 Å². The highest BCUT2D eigenvalue weighted by Gasteiger charge is 2.23. The second-order valence-electron chi connectivity index (χ2n) is 6.88. The van der Waals surface area contributed by atoms with Crippen molar-refractivity contribution in [2.24, 2.45) is 5.92 Å². The SMILES string of the molecule is CCOC(=O)c1ccc(C(=O)N[C@H](c2nc3ccccc3[nH]2)C(C)C)nc1C. The van der Waals surface area contributed by atoms with Crippen LogP contribution in [0.2, 0.25) is 0 Å². The minimum atomic E-state index is -0.443. The number of rotatable bonds is 6. The molecule has 2 heterocycles. The lowest BCUT2D eigenvalue weighted by molar-refractivity contribution is 0.0524. The van der Waals surface area contributed by atoms with Gasteiger partial charge in [-0.1, -0.05) is 26.0 Å². The molecular formula is C21H24N4O3. The number of H-pyrrole nitrogens is 1. The summed E-state index contributed by atoms with van der Waals surface area (Å²) in [6.07, 6.45) is 0. The number of hydrogen-bond acceptors (Lipinski definition) is 5. The molecule has 0 aliphatic carbocycles. The van der Waals surface area contributed by atoms with Gasteiger partial charge < -0.3 is 15.0 Å². The number of nitrogens with zero attached hydrogens (tertiary/aromatic N) is 2. The summed E-state index contributed by atoms with van der Waals surface area (Å²) >= 11 is 0. The third-order valence-electron chi connectivity index (χ3n) is 4.47. The summed E-state index contributed by atoms with van der Waals surface area (Å²) in [5.41, 5.74) is 2.83. The lowest BCUT2D eigenvalue weighted by atomic mass is 10.0. The number of fused-ring (bicyclic) bond motifs is 1. The van der Waals surface area contributed by atoms with Crippen molar-refractivity contribution in [1.82, 2.24) is 20.3 Å². The van der Waals surface area contributed by atoms with Crippen LogP contribution < -0.4 is 5.32 Å². The molecule has 28 heavy (non-hydrogen) atoms. The zero-order valence-electron chi connectivity index (χ0n) is 16.4. The fraction of sp³-hybridized carbons (Fsp3) is 0.333. The van der Waals surface area contributed by atoms with Gasteiger partial charge in [-0.15, -0.1) is 0 Å². The predicted molar refractivity (Wildman–Crippen MR) is 106 cm³/mol. The van der Waals surface area contributed by atoms with Crippen molar-refractivity contribution in [3.05, 3.63) is 59.2 Å². The summed E-state index contributed by atoms with van der Waals surface area (Å²) in [4.78, 5) is 36.8. The van der Waals surface area contributed by atoms with Crippen LogP contribution in [-0.2, 0) is 4.74 Å². The Morgan fingerprint density at radius 3 is 2.54 bits per heavy atom. The van der Waals surface area contributed by atoms with E-state index in [4.69, 9.17) is 4.74 Å². The Hall–Kier alpha value is -3.22. The Kier molecular flexibility index (Phi) is 5.73. The van der Waals surface area contributed by atoms with Gasteiger partial charge in [-0.25, -0.2) is 14.8 Å². The first-order chi connectivity index (χ1) is 13.4. The van der Waals surface area contributed by atoms with E-state index < -0.39 is 5.97 Å². The summed E-state index contributed by atoms with van der Waals surface area (Å²) < 4.78 is 5.00. The first kappa shape index (κ1) is 19.5. The Labute approximate surface area is 163 Å². The maximum atomic E-state index is 12.8. The molecule has 0 fully saturated rings. The maximum absolute atomic E-state index is 12.8. The highest BCUT2D eigenvalue weighted by atomic mass is 16.5. The van der Waals surface area contributed by atoms with Gasteiger partial charge in [0.15, 0.2) is 0 Å². The predicted octanol–water partition coefficient (Wildman–Crippen LogP) is 3.57. The third kappa shape index (κ3) is 4.03. The smallest absolute Gasteiger partial charge is 0.339 e. The van der Waals surface area contributed by atoms with E-state index in [0.717, 1.165) is 11.0 Å². The first-order valence-electron chi connectivity index (χ1n) is 9.31. The van der Waals surface area contributed by atoms with Crippen LogP contribution in [0, 0.1) is 12.8 Å². The summed E-state index contributed by atoms with van der Waals surface area (Å²) in [5, 5.41) is 3.00. The lowest BCUT2D eigenvalue weighted by Crippen LogP contribution is -2.33. The Balaban J connectivity index is 1.83. The summed E-state index contributed by atoms with van der Waals surface area (Å²) in [6, 6.07) is 10.5. The molecule has 1 amide bonds. The average Bonchev–Trinajstić information content (AvgIpc) is 3.09. The van der Waals surface area contributed by atoms with Crippen molar-refractivity contribution in [1.29, 1.82) is 0 Å². The molecule has 7 heteroatoms. The maximum Gasteiger partial charge on any atom is 0.339 e. The van der Waals surface area contributed by atoms with Crippen LogP contribution in [0.5, 0.6) is 0 Å². The number of ether oxygens (including phenoxy) is 1. The normalized spacial score (nSPS) is 12.2. The van der Waals surface area contributed by atoms with E-state index in [1.54, 1.807) is 19.9 Å². The molecule has 7 nitrogen and oxygen atoms in total. The molecule has 2 N–H and O–H groups in total. The molecule has 146 valence electrons. The minimum absolute atomic E-state index is 0.115. The van der Waals surface area contributed by atoms with Crippen LogP contribution >= 0.6 is 0 Å². The summed E-state index contributed by atoms with van der Waals surface area (Å²) in [5.74, 6) is 0.0493.